The minimum Gasteiger partial charge on any atom is -0.319 e. The van der Waals surface area contributed by atoms with Gasteiger partial charge in [0, 0.05) is 13.1 Å². The van der Waals surface area contributed by atoms with Crippen molar-refractivity contribution < 1.29 is 8.42 Å². The topological polar surface area (TPSA) is 88.9 Å². The third-order valence-electron chi connectivity index (χ3n) is 3.07. The molecule has 0 aromatic carbocycles. The molecule has 0 saturated carbocycles. The van der Waals surface area contributed by atoms with E-state index in [-0.39, 0.29) is 17.8 Å². The second-order valence-corrected chi connectivity index (χ2v) is 6.51. The number of rotatable bonds is 5. The van der Waals surface area contributed by atoms with Gasteiger partial charge in [-0.25, -0.2) is 13.1 Å². The standard InChI is InChI=1S/C10H19N5O2S/c1-8(10-13-12-7-15(10)2)14-18(16,17)6-9-4-3-5-11-9/h7-9,11,14H,3-6H2,1-2H3. The van der Waals surface area contributed by atoms with Crippen LogP contribution < -0.4 is 10.0 Å². The Balaban J connectivity index is 1.97. The molecule has 0 spiro atoms. The summed E-state index contributed by atoms with van der Waals surface area (Å²) in [5.41, 5.74) is 0. The Morgan fingerprint density at radius 2 is 2.44 bits per heavy atom. The SMILES string of the molecule is CC(NS(=O)(=O)CC1CCCN1)c1nncn1C. The molecule has 8 heteroatoms. The van der Waals surface area contributed by atoms with E-state index in [1.807, 2.05) is 0 Å². The Morgan fingerprint density at radius 3 is 3.00 bits per heavy atom. The molecule has 2 unspecified atom stereocenters. The highest BCUT2D eigenvalue weighted by Gasteiger charge is 2.24. The van der Waals surface area contributed by atoms with Crippen LogP contribution in [-0.4, -0.2) is 41.5 Å². The summed E-state index contributed by atoms with van der Waals surface area (Å²) in [5.74, 6) is 0.729. The van der Waals surface area contributed by atoms with E-state index in [0.29, 0.717) is 5.82 Å². The maximum absolute atomic E-state index is 12.0. The third kappa shape index (κ3) is 3.27. The van der Waals surface area contributed by atoms with Crippen LogP contribution in [0, 0.1) is 0 Å². The summed E-state index contributed by atoms with van der Waals surface area (Å²) in [6.07, 6.45) is 3.51. The van der Waals surface area contributed by atoms with E-state index in [1.165, 1.54) is 0 Å². The second kappa shape index (κ2) is 5.33. The zero-order valence-corrected chi connectivity index (χ0v) is 11.4. The average Bonchev–Trinajstić information content (AvgIpc) is 2.87. The molecule has 2 heterocycles. The van der Waals surface area contributed by atoms with Crippen LogP contribution in [0.1, 0.15) is 31.6 Å². The van der Waals surface area contributed by atoms with Crippen LogP contribution in [0.4, 0.5) is 0 Å². The van der Waals surface area contributed by atoms with Crippen molar-refractivity contribution in [1.82, 2.24) is 24.8 Å². The van der Waals surface area contributed by atoms with Gasteiger partial charge in [0.05, 0.1) is 11.8 Å². The molecule has 1 aromatic heterocycles. The van der Waals surface area contributed by atoms with Gasteiger partial charge in [0.15, 0.2) is 0 Å². The van der Waals surface area contributed by atoms with E-state index >= 15 is 0 Å². The molecule has 0 bridgehead atoms. The van der Waals surface area contributed by atoms with Gasteiger partial charge < -0.3 is 9.88 Å². The van der Waals surface area contributed by atoms with Gasteiger partial charge in [0.25, 0.3) is 0 Å². The van der Waals surface area contributed by atoms with E-state index in [9.17, 15) is 8.42 Å². The first-order valence-electron chi connectivity index (χ1n) is 6.05. The summed E-state index contributed by atoms with van der Waals surface area (Å²) in [4.78, 5) is 0. The summed E-state index contributed by atoms with van der Waals surface area (Å²) >= 11 is 0. The summed E-state index contributed by atoms with van der Waals surface area (Å²) in [7, 11) is -1.51. The molecule has 1 aliphatic rings. The lowest BCUT2D eigenvalue weighted by Gasteiger charge is -2.16. The number of sulfonamides is 1. The average molecular weight is 273 g/mol. The molecule has 7 nitrogen and oxygen atoms in total. The van der Waals surface area contributed by atoms with Crippen molar-refractivity contribution in [1.29, 1.82) is 0 Å². The number of nitrogens with one attached hydrogen (secondary N) is 2. The van der Waals surface area contributed by atoms with E-state index in [1.54, 1.807) is 24.9 Å². The lowest BCUT2D eigenvalue weighted by Crippen LogP contribution is -2.38. The number of aryl methyl sites for hydroxylation is 1. The molecule has 102 valence electrons. The minimum atomic E-state index is -3.30. The molecule has 1 saturated heterocycles. The largest absolute Gasteiger partial charge is 0.319 e. The Morgan fingerprint density at radius 1 is 1.67 bits per heavy atom. The van der Waals surface area contributed by atoms with Crippen LogP contribution in [-0.2, 0) is 17.1 Å². The van der Waals surface area contributed by atoms with Crippen LogP contribution in [0.3, 0.4) is 0 Å². The van der Waals surface area contributed by atoms with Crippen molar-refractivity contribution in [3.63, 3.8) is 0 Å². The summed E-state index contributed by atoms with van der Waals surface area (Å²) < 4.78 is 28.3. The lowest BCUT2D eigenvalue weighted by molar-refractivity contribution is 0.540. The van der Waals surface area contributed by atoms with Crippen LogP contribution in [0.2, 0.25) is 0 Å². The predicted molar refractivity (Wildman–Crippen MR) is 67.4 cm³/mol. The molecule has 2 N–H and O–H groups in total. The molecule has 18 heavy (non-hydrogen) atoms. The van der Waals surface area contributed by atoms with Crippen molar-refractivity contribution in [3.8, 4) is 0 Å². The maximum Gasteiger partial charge on any atom is 0.213 e. The van der Waals surface area contributed by atoms with Crippen LogP contribution in [0.25, 0.3) is 0 Å². The monoisotopic (exact) mass is 273 g/mol. The van der Waals surface area contributed by atoms with Crippen molar-refractivity contribution >= 4 is 10.0 Å². The molecule has 0 radical (unpaired) electrons. The molecule has 1 aromatic rings. The molecule has 2 rings (SSSR count). The molecule has 1 aliphatic heterocycles. The van der Waals surface area contributed by atoms with Gasteiger partial charge in [-0.1, -0.05) is 0 Å². The highest BCUT2D eigenvalue weighted by Crippen LogP contribution is 2.12. The molecular formula is C10H19N5O2S. The minimum absolute atomic E-state index is 0.0641. The van der Waals surface area contributed by atoms with Crippen LogP contribution >= 0.6 is 0 Å². The van der Waals surface area contributed by atoms with Crippen molar-refractivity contribution in [2.75, 3.05) is 12.3 Å². The Labute approximate surface area is 107 Å². The molecule has 0 amide bonds. The van der Waals surface area contributed by atoms with Crippen LogP contribution in [0.5, 0.6) is 0 Å². The van der Waals surface area contributed by atoms with E-state index < -0.39 is 10.0 Å². The first kappa shape index (κ1) is 13.4. The second-order valence-electron chi connectivity index (χ2n) is 4.71. The van der Waals surface area contributed by atoms with Crippen molar-refractivity contribution in [2.45, 2.75) is 31.8 Å². The zero-order valence-electron chi connectivity index (χ0n) is 10.6. The van der Waals surface area contributed by atoms with Gasteiger partial charge in [0.1, 0.15) is 12.2 Å². The smallest absolute Gasteiger partial charge is 0.213 e. The molecule has 1 fully saturated rings. The third-order valence-corrected chi connectivity index (χ3v) is 4.63. The first-order valence-corrected chi connectivity index (χ1v) is 7.70. The van der Waals surface area contributed by atoms with Gasteiger partial charge >= 0.3 is 0 Å². The number of hydrogen-bond donors (Lipinski definition) is 2. The Kier molecular flexibility index (Phi) is 3.98. The fourth-order valence-electron chi connectivity index (χ4n) is 2.22. The molecule has 2 atom stereocenters. The quantitative estimate of drug-likeness (QED) is 0.758. The van der Waals surface area contributed by atoms with Gasteiger partial charge in [0.2, 0.25) is 10.0 Å². The van der Waals surface area contributed by atoms with Gasteiger partial charge in [-0.2, -0.15) is 0 Å². The number of nitrogens with zero attached hydrogens (tertiary/aromatic N) is 3. The predicted octanol–water partition coefficient (Wildman–Crippen LogP) is -0.452. The summed E-state index contributed by atoms with van der Waals surface area (Å²) in [6.45, 7) is 2.67. The number of hydrogen-bond acceptors (Lipinski definition) is 5. The summed E-state index contributed by atoms with van der Waals surface area (Å²) in [6, 6.07) is -0.307. The fourth-order valence-corrected chi connectivity index (χ4v) is 3.77. The van der Waals surface area contributed by atoms with Crippen molar-refractivity contribution in [2.24, 2.45) is 7.05 Å². The lowest BCUT2D eigenvalue weighted by atomic mass is 10.3. The number of aromatic nitrogens is 3. The maximum atomic E-state index is 12.0. The van der Waals surface area contributed by atoms with E-state index in [4.69, 9.17) is 0 Å². The van der Waals surface area contributed by atoms with Crippen LogP contribution in [0.15, 0.2) is 6.33 Å². The molecule has 0 aliphatic carbocycles. The van der Waals surface area contributed by atoms with E-state index in [2.05, 4.69) is 20.2 Å². The first-order chi connectivity index (χ1) is 8.48. The molecular weight excluding hydrogens is 254 g/mol. The van der Waals surface area contributed by atoms with Gasteiger partial charge in [-0.3, -0.25) is 0 Å². The van der Waals surface area contributed by atoms with E-state index in [0.717, 1.165) is 19.4 Å². The fraction of sp³-hybridized carbons (Fsp3) is 0.800. The normalized spacial score (nSPS) is 22.2. The summed E-state index contributed by atoms with van der Waals surface area (Å²) in [5, 5.41) is 10.8. The highest BCUT2D eigenvalue weighted by molar-refractivity contribution is 7.89. The Hall–Kier alpha value is -0.990. The van der Waals surface area contributed by atoms with Gasteiger partial charge in [-0.15, -0.1) is 10.2 Å². The van der Waals surface area contributed by atoms with Gasteiger partial charge in [-0.05, 0) is 26.3 Å². The van der Waals surface area contributed by atoms with Crippen molar-refractivity contribution in [3.05, 3.63) is 12.2 Å². The Bertz CT molecular complexity index is 492. The zero-order chi connectivity index (χ0) is 13.2. The highest BCUT2D eigenvalue weighted by atomic mass is 32.2.